The van der Waals surface area contributed by atoms with E-state index in [1.54, 1.807) is 0 Å². The third kappa shape index (κ3) is 5.50. The molecule has 23 heavy (non-hydrogen) atoms. The first-order valence-corrected chi connectivity index (χ1v) is 7.86. The maximum Gasteiger partial charge on any atom is 0.411 e. The van der Waals surface area contributed by atoms with Crippen LogP contribution >= 0.6 is 0 Å². The van der Waals surface area contributed by atoms with Crippen LogP contribution in [0.3, 0.4) is 0 Å². The van der Waals surface area contributed by atoms with Crippen molar-refractivity contribution in [3.8, 4) is 0 Å². The lowest BCUT2D eigenvalue weighted by Crippen LogP contribution is -2.26. The summed E-state index contributed by atoms with van der Waals surface area (Å²) in [5, 5.41) is 13.0. The van der Waals surface area contributed by atoms with Gasteiger partial charge in [0.15, 0.2) is 0 Å². The Morgan fingerprint density at radius 2 is 1.91 bits per heavy atom. The smallest absolute Gasteiger partial charge is 0.411 e. The number of nitrogens with zero attached hydrogens (tertiary/aromatic N) is 1. The van der Waals surface area contributed by atoms with Crippen molar-refractivity contribution >= 4 is 17.5 Å². The first kappa shape index (κ1) is 17.2. The van der Waals surface area contributed by atoms with E-state index in [-0.39, 0.29) is 12.3 Å². The lowest BCUT2D eigenvalue weighted by Gasteiger charge is -2.29. The number of hydrogen-bond acceptors (Lipinski definition) is 4. The van der Waals surface area contributed by atoms with Crippen molar-refractivity contribution in [3.63, 3.8) is 0 Å². The highest BCUT2D eigenvalue weighted by molar-refractivity contribution is 5.84. The standard InChI is InChI=1S/C16H21FN2O4/c17-16(9-2-1-3-10-16)11-4-12-23-15(20)18-13-5-7-14(8-6-13)19(21)22/h5-8H,1-4,9-12H2,(H,18,20). The number of alkyl halides is 1. The summed E-state index contributed by atoms with van der Waals surface area (Å²) in [6, 6.07) is 5.45. The molecule has 126 valence electrons. The number of non-ortho nitro benzene ring substituents is 1. The second kappa shape index (κ2) is 7.89. The highest BCUT2D eigenvalue weighted by Gasteiger charge is 2.30. The van der Waals surface area contributed by atoms with Gasteiger partial charge in [0.25, 0.3) is 5.69 Å². The Morgan fingerprint density at radius 3 is 2.52 bits per heavy atom. The van der Waals surface area contributed by atoms with Gasteiger partial charge in [0, 0.05) is 17.8 Å². The number of nitro groups is 1. The molecule has 1 aromatic carbocycles. The fraction of sp³-hybridized carbons (Fsp3) is 0.562. The van der Waals surface area contributed by atoms with Crippen LogP contribution in [0, 0.1) is 10.1 Å². The normalized spacial score (nSPS) is 16.6. The average molecular weight is 324 g/mol. The van der Waals surface area contributed by atoms with Crippen LogP contribution in [0.15, 0.2) is 24.3 Å². The van der Waals surface area contributed by atoms with Gasteiger partial charge < -0.3 is 4.74 Å². The summed E-state index contributed by atoms with van der Waals surface area (Å²) in [6.45, 7) is 0.157. The number of rotatable bonds is 6. The van der Waals surface area contributed by atoms with E-state index in [0.717, 1.165) is 19.3 Å². The highest BCUT2D eigenvalue weighted by atomic mass is 19.1. The summed E-state index contributed by atoms with van der Waals surface area (Å²) < 4.78 is 19.3. The lowest BCUT2D eigenvalue weighted by molar-refractivity contribution is -0.384. The van der Waals surface area contributed by atoms with Crippen LogP contribution in [0.2, 0.25) is 0 Å². The van der Waals surface area contributed by atoms with Crippen LogP contribution in [0.1, 0.15) is 44.9 Å². The Morgan fingerprint density at radius 1 is 1.26 bits per heavy atom. The fourth-order valence-corrected chi connectivity index (χ4v) is 2.81. The van der Waals surface area contributed by atoms with Crippen LogP contribution in [-0.2, 0) is 4.74 Å². The third-order valence-corrected chi connectivity index (χ3v) is 4.08. The van der Waals surface area contributed by atoms with Gasteiger partial charge in [0.05, 0.1) is 11.5 Å². The Labute approximate surface area is 134 Å². The van der Waals surface area contributed by atoms with Gasteiger partial charge in [-0.25, -0.2) is 9.18 Å². The molecule has 1 aliphatic rings. The monoisotopic (exact) mass is 324 g/mol. The van der Waals surface area contributed by atoms with Crippen molar-refractivity contribution in [2.24, 2.45) is 0 Å². The molecule has 2 rings (SSSR count). The van der Waals surface area contributed by atoms with Crippen molar-refractivity contribution in [2.45, 2.75) is 50.6 Å². The molecule has 0 saturated heterocycles. The molecule has 0 spiro atoms. The van der Waals surface area contributed by atoms with E-state index < -0.39 is 16.7 Å². The van der Waals surface area contributed by atoms with Gasteiger partial charge in [0.2, 0.25) is 0 Å². The number of anilines is 1. The molecule has 0 unspecified atom stereocenters. The van der Waals surface area contributed by atoms with Gasteiger partial charge in [0.1, 0.15) is 5.67 Å². The van der Waals surface area contributed by atoms with Crippen molar-refractivity contribution in [2.75, 3.05) is 11.9 Å². The first-order chi connectivity index (χ1) is 11.0. The van der Waals surface area contributed by atoms with E-state index in [2.05, 4.69) is 5.32 Å². The molecule has 0 bridgehead atoms. The molecule has 0 aliphatic heterocycles. The summed E-state index contributed by atoms with van der Waals surface area (Å²) >= 11 is 0. The zero-order valence-corrected chi connectivity index (χ0v) is 12.9. The summed E-state index contributed by atoms with van der Waals surface area (Å²) in [6.07, 6.45) is 4.41. The predicted molar refractivity (Wildman–Crippen MR) is 84.2 cm³/mol. The minimum atomic E-state index is -1.10. The SMILES string of the molecule is O=C(Nc1ccc([N+](=O)[O-])cc1)OCCCC1(F)CCCCC1. The van der Waals surface area contributed by atoms with Gasteiger partial charge in [-0.15, -0.1) is 0 Å². The minimum Gasteiger partial charge on any atom is -0.449 e. The van der Waals surface area contributed by atoms with Crippen molar-refractivity contribution in [3.05, 3.63) is 34.4 Å². The van der Waals surface area contributed by atoms with Crippen molar-refractivity contribution in [1.29, 1.82) is 0 Å². The number of carbonyl (C=O) groups excluding carboxylic acids is 1. The van der Waals surface area contributed by atoms with Gasteiger partial charge in [-0.2, -0.15) is 0 Å². The molecule has 1 amide bonds. The number of halogens is 1. The van der Waals surface area contributed by atoms with Crippen LogP contribution in [0.4, 0.5) is 20.6 Å². The predicted octanol–water partition coefficient (Wildman–Crippen LogP) is 4.60. The van der Waals surface area contributed by atoms with Gasteiger partial charge in [-0.1, -0.05) is 19.3 Å². The van der Waals surface area contributed by atoms with Crippen molar-refractivity contribution in [1.82, 2.24) is 0 Å². The van der Waals surface area contributed by atoms with E-state index in [9.17, 15) is 19.3 Å². The molecular formula is C16H21FN2O4. The van der Waals surface area contributed by atoms with Gasteiger partial charge in [-0.3, -0.25) is 15.4 Å². The molecule has 1 aromatic rings. The number of nitrogens with one attached hydrogen (secondary N) is 1. The Hall–Kier alpha value is -2.18. The average Bonchev–Trinajstić information content (AvgIpc) is 2.53. The molecule has 1 aliphatic carbocycles. The van der Waals surface area contributed by atoms with Crippen LogP contribution in [0.25, 0.3) is 0 Å². The number of hydrogen-bond donors (Lipinski definition) is 1. The summed E-state index contributed by atoms with van der Waals surface area (Å²) in [5.74, 6) is 0. The van der Waals surface area contributed by atoms with E-state index in [1.807, 2.05) is 0 Å². The number of ether oxygens (including phenoxy) is 1. The maximum atomic E-state index is 14.3. The quantitative estimate of drug-likeness (QED) is 0.471. The largest absolute Gasteiger partial charge is 0.449 e. The Kier molecular flexibility index (Phi) is 5.90. The van der Waals surface area contributed by atoms with Crippen LogP contribution < -0.4 is 5.32 Å². The summed E-state index contributed by atoms with van der Waals surface area (Å²) in [7, 11) is 0. The van der Waals surface area contributed by atoms with E-state index in [4.69, 9.17) is 4.74 Å². The molecule has 0 radical (unpaired) electrons. The lowest BCUT2D eigenvalue weighted by atomic mass is 9.83. The second-order valence-electron chi connectivity index (χ2n) is 5.88. The third-order valence-electron chi connectivity index (χ3n) is 4.08. The first-order valence-electron chi connectivity index (χ1n) is 7.86. The number of amides is 1. The number of carbonyl (C=O) groups is 1. The maximum absolute atomic E-state index is 14.3. The Bertz CT molecular complexity index is 542. The molecule has 6 nitrogen and oxygen atoms in total. The number of benzene rings is 1. The molecular weight excluding hydrogens is 303 g/mol. The zero-order chi connectivity index (χ0) is 16.7. The second-order valence-corrected chi connectivity index (χ2v) is 5.88. The van der Waals surface area contributed by atoms with E-state index in [1.165, 1.54) is 24.3 Å². The molecule has 0 aromatic heterocycles. The van der Waals surface area contributed by atoms with Gasteiger partial charge >= 0.3 is 6.09 Å². The van der Waals surface area contributed by atoms with Gasteiger partial charge in [-0.05, 0) is 37.8 Å². The zero-order valence-electron chi connectivity index (χ0n) is 12.9. The molecule has 7 heteroatoms. The minimum absolute atomic E-state index is 0.0513. The Balaban J connectivity index is 1.67. The molecule has 0 atom stereocenters. The molecule has 1 fully saturated rings. The van der Waals surface area contributed by atoms with Crippen LogP contribution in [-0.4, -0.2) is 23.3 Å². The van der Waals surface area contributed by atoms with Crippen molar-refractivity contribution < 1.29 is 18.8 Å². The fourth-order valence-electron chi connectivity index (χ4n) is 2.81. The number of nitro benzene ring substituents is 1. The van der Waals surface area contributed by atoms with Crippen LogP contribution in [0.5, 0.6) is 0 Å². The van der Waals surface area contributed by atoms with E-state index in [0.29, 0.717) is 31.4 Å². The highest BCUT2D eigenvalue weighted by Crippen LogP contribution is 2.35. The molecule has 0 heterocycles. The van der Waals surface area contributed by atoms with E-state index >= 15 is 0 Å². The summed E-state index contributed by atoms with van der Waals surface area (Å²) in [5.41, 5.74) is -0.740. The molecule has 1 saturated carbocycles. The molecule has 1 N–H and O–H groups in total. The summed E-state index contributed by atoms with van der Waals surface area (Å²) in [4.78, 5) is 21.6. The topological polar surface area (TPSA) is 81.5 Å².